The van der Waals surface area contributed by atoms with Crippen molar-refractivity contribution < 1.29 is 14.6 Å². The van der Waals surface area contributed by atoms with Gasteiger partial charge in [-0.3, -0.25) is 19.7 Å². The van der Waals surface area contributed by atoms with Crippen LogP contribution in [-0.2, 0) is 16.1 Å². The molecule has 1 fully saturated rings. The third kappa shape index (κ3) is 2.98. The Morgan fingerprint density at radius 2 is 2.41 bits per heavy atom. The molecule has 1 atom stereocenters. The van der Waals surface area contributed by atoms with Crippen LogP contribution in [-0.4, -0.2) is 51.7 Å². The fourth-order valence-corrected chi connectivity index (χ4v) is 1.76. The van der Waals surface area contributed by atoms with E-state index in [1.165, 1.54) is 0 Å². The van der Waals surface area contributed by atoms with Crippen LogP contribution < -0.4 is 0 Å². The lowest BCUT2D eigenvalue weighted by atomic mass is 10.2. The Labute approximate surface area is 99.2 Å². The van der Waals surface area contributed by atoms with E-state index < -0.39 is 12.0 Å². The van der Waals surface area contributed by atoms with Crippen molar-refractivity contribution in [3.8, 4) is 0 Å². The molecule has 0 aromatic carbocycles. The summed E-state index contributed by atoms with van der Waals surface area (Å²) in [7, 11) is 0. The molecule has 17 heavy (non-hydrogen) atoms. The van der Waals surface area contributed by atoms with E-state index in [2.05, 4.69) is 9.97 Å². The monoisotopic (exact) mass is 237 g/mol. The van der Waals surface area contributed by atoms with E-state index in [0.29, 0.717) is 19.7 Å². The molecule has 6 heteroatoms. The standard InChI is InChI=1S/C11H15N3O3/c1-8-4-13-9(5-12-8)6-14-2-3-17-7-10(14)11(15)16/h4-5,10H,2-3,6-7H2,1H3,(H,15,16). The van der Waals surface area contributed by atoms with Crippen LogP contribution >= 0.6 is 0 Å². The summed E-state index contributed by atoms with van der Waals surface area (Å²) in [6, 6.07) is -0.591. The summed E-state index contributed by atoms with van der Waals surface area (Å²) in [5.74, 6) is -0.857. The summed E-state index contributed by atoms with van der Waals surface area (Å²) in [6.07, 6.45) is 3.37. The molecule has 0 spiro atoms. The van der Waals surface area contributed by atoms with E-state index >= 15 is 0 Å². The largest absolute Gasteiger partial charge is 0.480 e. The maximum atomic E-state index is 11.1. The molecule has 0 bridgehead atoms. The van der Waals surface area contributed by atoms with Crippen molar-refractivity contribution in [1.82, 2.24) is 14.9 Å². The van der Waals surface area contributed by atoms with Crippen LogP contribution in [0.15, 0.2) is 12.4 Å². The minimum atomic E-state index is -0.857. The van der Waals surface area contributed by atoms with E-state index in [-0.39, 0.29) is 6.61 Å². The van der Waals surface area contributed by atoms with Gasteiger partial charge in [0.15, 0.2) is 0 Å². The van der Waals surface area contributed by atoms with Crippen LogP contribution in [0.5, 0.6) is 0 Å². The Morgan fingerprint density at radius 3 is 3.06 bits per heavy atom. The topological polar surface area (TPSA) is 75.6 Å². The molecule has 0 aliphatic carbocycles. The highest BCUT2D eigenvalue weighted by Gasteiger charge is 2.29. The number of hydrogen-bond acceptors (Lipinski definition) is 5. The number of ether oxygens (including phenoxy) is 1. The number of aryl methyl sites for hydroxylation is 1. The molecule has 2 rings (SSSR count). The number of rotatable bonds is 3. The van der Waals surface area contributed by atoms with Gasteiger partial charge < -0.3 is 9.84 Å². The second kappa shape index (κ2) is 5.20. The van der Waals surface area contributed by atoms with Crippen LogP contribution in [0.4, 0.5) is 0 Å². The number of nitrogens with zero attached hydrogens (tertiary/aromatic N) is 3. The number of carbonyl (C=O) groups is 1. The zero-order valence-electron chi connectivity index (χ0n) is 9.67. The lowest BCUT2D eigenvalue weighted by Crippen LogP contribution is -2.49. The highest BCUT2D eigenvalue weighted by atomic mass is 16.5. The quantitative estimate of drug-likeness (QED) is 0.801. The Kier molecular flexibility index (Phi) is 3.65. The molecule has 1 unspecified atom stereocenters. The van der Waals surface area contributed by atoms with Gasteiger partial charge in [-0.1, -0.05) is 0 Å². The summed E-state index contributed by atoms with van der Waals surface area (Å²) in [5, 5.41) is 9.07. The maximum absolute atomic E-state index is 11.1. The number of carboxylic acid groups (broad SMARTS) is 1. The van der Waals surface area contributed by atoms with Gasteiger partial charge >= 0.3 is 5.97 Å². The second-order valence-electron chi connectivity index (χ2n) is 4.05. The Morgan fingerprint density at radius 1 is 1.59 bits per heavy atom. The van der Waals surface area contributed by atoms with Crippen LogP contribution in [0.3, 0.4) is 0 Å². The minimum Gasteiger partial charge on any atom is -0.480 e. The molecule has 6 nitrogen and oxygen atoms in total. The SMILES string of the molecule is Cc1cnc(CN2CCOCC2C(=O)O)cn1. The third-order valence-electron chi connectivity index (χ3n) is 2.72. The third-order valence-corrected chi connectivity index (χ3v) is 2.72. The summed E-state index contributed by atoms with van der Waals surface area (Å²) in [6.45, 7) is 3.75. The molecular weight excluding hydrogens is 222 g/mol. The molecule has 0 amide bonds. The van der Waals surface area contributed by atoms with Gasteiger partial charge in [0.1, 0.15) is 6.04 Å². The van der Waals surface area contributed by atoms with Gasteiger partial charge in [0, 0.05) is 25.5 Å². The molecule has 1 aromatic heterocycles. The summed E-state index contributed by atoms with van der Waals surface area (Å²) < 4.78 is 5.17. The molecule has 1 aromatic rings. The van der Waals surface area contributed by atoms with Gasteiger partial charge in [0.25, 0.3) is 0 Å². The van der Waals surface area contributed by atoms with Gasteiger partial charge in [-0.25, -0.2) is 0 Å². The number of aromatic nitrogens is 2. The van der Waals surface area contributed by atoms with Crippen molar-refractivity contribution in [1.29, 1.82) is 0 Å². The molecule has 2 heterocycles. The lowest BCUT2D eigenvalue weighted by molar-refractivity contribution is -0.150. The summed E-state index contributed by atoms with van der Waals surface area (Å²) in [5.41, 5.74) is 1.63. The fourth-order valence-electron chi connectivity index (χ4n) is 1.76. The predicted molar refractivity (Wildman–Crippen MR) is 59.4 cm³/mol. The van der Waals surface area contributed by atoms with Crippen LogP contribution in [0.25, 0.3) is 0 Å². The van der Waals surface area contributed by atoms with Crippen molar-refractivity contribution in [3.05, 3.63) is 23.8 Å². The molecule has 0 saturated carbocycles. The molecular formula is C11H15N3O3. The molecule has 92 valence electrons. The van der Waals surface area contributed by atoms with Gasteiger partial charge in [0.2, 0.25) is 0 Å². The Hall–Kier alpha value is -1.53. The summed E-state index contributed by atoms with van der Waals surface area (Å²) >= 11 is 0. The molecule has 1 aliphatic heterocycles. The van der Waals surface area contributed by atoms with Gasteiger partial charge in [-0.05, 0) is 6.92 Å². The maximum Gasteiger partial charge on any atom is 0.323 e. The van der Waals surface area contributed by atoms with E-state index in [1.807, 2.05) is 11.8 Å². The Bertz CT molecular complexity index is 393. The van der Waals surface area contributed by atoms with Gasteiger partial charge in [-0.2, -0.15) is 0 Å². The molecule has 1 N–H and O–H groups in total. The van der Waals surface area contributed by atoms with E-state index in [9.17, 15) is 4.79 Å². The number of carboxylic acids is 1. The molecule has 0 radical (unpaired) electrons. The zero-order valence-corrected chi connectivity index (χ0v) is 9.67. The minimum absolute atomic E-state index is 0.231. The van der Waals surface area contributed by atoms with Crippen LogP contribution in [0.2, 0.25) is 0 Å². The average Bonchev–Trinajstić information content (AvgIpc) is 2.32. The van der Waals surface area contributed by atoms with Crippen molar-refractivity contribution in [2.45, 2.75) is 19.5 Å². The lowest BCUT2D eigenvalue weighted by Gasteiger charge is -2.32. The zero-order chi connectivity index (χ0) is 12.3. The van der Waals surface area contributed by atoms with Crippen molar-refractivity contribution in [2.75, 3.05) is 19.8 Å². The smallest absolute Gasteiger partial charge is 0.323 e. The predicted octanol–water partition coefficient (Wildman–Crippen LogP) is 0.0704. The van der Waals surface area contributed by atoms with E-state index in [0.717, 1.165) is 11.4 Å². The highest BCUT2D eigenvalue weighted by molar-refractivity contribution is 5.73. The summed E-state index contributed by atoms with van der Waals surface area (Å²) in [4.78, 5) is 21.3. The first-order chi connectivity index (χ1) is 8.16. The highest BCUT2D eigenvalue weighted by Crippen LogP contribution is 2.11. The number of aliphatic carboxylic acids is 1. The molecule has 1 saturated heterocycles. The van der Waals surface area contributed by atoms with Crippen LogP contribution in [0, 0.1) is 6.92 Å². The number of morpholine rings is 1. The van der Waals surface area contributed by atoms with Crippen molar-refractivity contribution in [2.24, 2.45) is 0 Å². The fraction of sp³-hybridized carbons (Fsp3) is 0.545. The number of hydrogen-bond donors (Lipinski definition) is 1. The normalized spacial score (nSPS) is 21.4. The second-order valence-corrected chi connectivity index (χ2v) is 4.05. The first-order valence-corrected chi connectivity index (χ1v) is 5.49. The first kappa shape index (κ1) is 11.9. The molecule has 1 aliphatic rings. The van der Waals surface area contributed by atoms with Gasteiger partial charge in [0.05, 0.1) is 24.6 Å². The van der Waals surface area contributed by atoms with E-state index in [4.69, 9.17) is 9.84 Å². The Balaban J connectivity index is 2.05. The average molecular weight is 237 g/mol. The van der Waals surface area contributed by atoms with Crippen molar-refractivity contribution in [3.63, 3.8) is 0 Å². The first-order valence-electron chi connectivity index (χ1n) is 5.49. The van der Waals surface area contributed by atoms with Crippen LogP contribution in [0.1, 0.15) is 11.4 Å². The van der Waals surface area contributed by atoms with Gasteiger partial charge in [-0.15, -0.1) is 0 Å². The van der Waals surface area contributed by atoms with Crippen molar-refractivity contribution >= 4 is 5.97 Å². The van der Waals surface area contributed by atoms with E-state index in [1.54, 1.807) is 12.4 Å².